The first-order chi connectivity index (χ1) is 9.88. The lowest BCUT2D eigenvalue weighted by Gasteiger charge is -2.09. The molecule has 2 aromatic rings. The van der Waals surface area contributed by atoms with E-state index in [1.54, 1.807) is 18.2 Å². The average Bonchev–Trinajstić information content (AvgIpc) is 2.40. The third-order valence-corrected chi connectivity index (χ3v) is 3.49. The Hall–Kier alpha value is -2.12. The molecule has 21 heavy (non-hydrogen) atoms. The van der Waals surface area contributed by atoms with Crippen molar-refractivity contribution in [2.75, 3.05) is 11.1 Å². The highest BCUT2D eigenvalue weighted by molar-refractivity contribution is 9.10. The molecule has 6 nitrogen and oxygen atoms in total. The summed E-state index contributed by atoms with van der Waals surface area (Å²) in [5, 5.41) is 13.4. The molecule has 2 rings (SSSR count). The Morgan fingerprint density at radius 3 is 2.62 bits per heavy atom. The Balaban J connectivity index is 2.31. The first kappa shape index (κ1) is 15.3. The molecule has 0 aliphatic rings. The van der Waals surface area contributed by atoms with Crippen molar-refractivity contribution in [1.82, 2.24) is 0 Å². The van der Waals surface area contributed by atoms with Gasteiger partial charge in [0, 0.05) is 22.3 Å². The number of nitro benzene ring substituents is 1. The Kier molecular flexibility index (Phi) is 4.44. The summed E-state index contributed by atoms with van der Waals surface area (Å²) in [5.74, 6) is -0.498. The van der Waals surface area contributed by atoms with Crippen LogP contribution in [0.15, 0.2) is 40.9 Å². The van der Waals surface area contributed by atoms with Gasteiger partial charge < -0.3 is 11.1 Å². The van der Waals surface area contributed by atoms with Gasteiger partial charge in [0.05, 0.1) is 21.2 Å². The van der Waals surface area contributed by atoms with E-state index in [1.807, 2.05) is 0 Å². The molecule has 0 unspecified atom stereocenters. The summed E-state index contributed by atoms with van der Waals surface area (Å²) in [6, 6.07) is 8.59. The van der Waals surface area contributed by atoms with Crippen molar-refractivity contribution in [3.05, 3.63) is 61.6 Å². The lowest BCUT2D eigenvalue weighted by molar-refractivity contribution is -0.384. The molecule has 0 heterocycles. The molecule has 0 fully saturated rings. The second kappa shape index (κ2) is 6.11. The zero-order valence-electron chi connectivity index (χ0n) is 10.5. The molecule has 0 bridgehead atoms. The third kappa shape index (κ3) is 3.50. The maximum atomic E-state index is 12.1. The Morgan fingerprint density at radius 1 is 1.29 bits per heavy atom. The van der Waals surface area contributed by atoms with E-state index in [4.69, 9.17) is 17.3 Å². The number of hydrogen-bond donors (Lipinski definition) is 2. The van der Waals surface area contributed by atoms with Gasteiger partial charge in [0.15, 0.2) is 0 Å². The van der Waals surface area contributed by atoms with Crippen LogP contribution < -0.4 is 11.1 Å². The number of nitrogens with zero attached hydrogens (tertiary/aromatic N) is 1. The van der Waals surface area contributed by atoms with Crippen LogP contribution in [-0.2, 0) is 0 Å². The highest BCUT2D eigenvalue weighted by Crippen LogP contribution is 2.28. The van der Waals surface area contributed by atoms with Crippen molar-refractivity contribution in [2.45, 2.75) is 0 Å². The van der Waals surface area contributed by atoms with Gasteiger partial charge in [-0.05, 0) is 24.3 Å². The van der Waals surface area contributed by atoms with Crippen LogP contribution in [0.5, 0.6) is 0 Å². The van der Waals surface area contributed by atoms with Gasteiger partial charge in [-0.15, -0.1) is 0 Å². The number of nitrogens with one attached hydrogen (secondary N) is 1. The molecule has 0 aromatic heterocycles. The summed E-state index contributed by atoms with van der Waals surface area (Å²) in [4.78, 5) is 22.3. The van der Waals surface area contributed by atoms with E-state index in [-0.39, 0.29) is 27.6 Å². The predicted octanol–water partition coefficient (Wildman–Crippen LogP) is 3.85. The summed E-state index contributed by atoms with van der Waals surface area (Å²) in [6.07, 6.45) is 0. The highest BCUT2D eigenvalue weighted by Gasteiger charge is 2.15. The van der Waals surface area contributed by atoms with Gasteiger partial charge in [0.2, 0.25) is 0 Å². The van der Waals surface area contributed by atoms with E-state index < -0.39 is 10.8 Å². The van der Waals surface area contributed by atoms with Crippen molar-refractivity contribution < 1.29 is 9.72 Å². The fourth-order valence-electron chi connectivity index (χ4n) is 1.65. The van der Waals surface area contributed by atoms with Crippen molar-refractivity contribution in [1.29, 1.82) is 0 Å². The third-order valence-electron chi connectivity index (χ3n) is 2.67. The number of non-ortho nitro benzene ring substituents is 1. The number of rotatable bonds is 3. The maximum Gasteiger partial charge on any atom is 0.271 e. The van der Waals surface area contributed by atoms with E-state index in [9.17, 15) is 14.9 Å². The Labute approximate surface area is 133 Å². The van der Waals surface area contributed by atoms with Crippen LogP contribution >= 0.6 is 27.5 Å². The molecular weight excluding hydrogens is 362 g/mol. The largest absolute Gasteiger partial charge is 0.398 e. The Bertz CT molecular complexity index is 737. The molecule has 0 atom stereocenters. The number of nitro groups is 1. The zero-order chi connectivity index (χ0) is 15.6. The van der Waals surface area contributed by atoms with Crippen molar-refractivity contribution >= 4 is 50.5 Å². The van der Waals surface area contributed by atoms with Crippen molar-refractivity contribution in [3.63, 3.8) is 0 Å². The molecule has 0 saturated heterocycles. The van der Waals surface area contributed by atoms with Crippen LogP contribution in [0, 0.1) is 10.1 Å². The van der Waals surface area contributed by atoms with Gasteiger partial charge in [-0.2, -0.15) is 0 Å². The van der Waals surface area contributed by atoms with E-state index in [0.717, 1.165) is 4.47 Å². The maximum absolute atomic E-state index is 12.1. The number of amides is 1. The molecule has 2 aromatic carbocycles. The molecule has 108 valence electrons. The highest BCUT2D eigenvalue weighted by atomic mass is 79.9. The molecule has 0 radical (unpaired) electrons. The van der Waals surface area contributed by atoms with Crippen LogP contribution in [0.2, 0.25) is 5.02 Å². The second-order valence-electron chi connectivity index (χ2n) is 4.11. The number of benzene rings is 2. The normalized spacial score (nSPS) is 10.2. The monoisotopic (exact) mass is 369 g/mol. The number of carbonyl (C=O) groups excluding carboxylic acids is 1. The van der Waals surface area contributed by atoms with Crippen LogP contribution in [0.4, 0.5) is 17.1 Å². The standard InChI is InChI=1S/C13H9BrClN3O3/c14-7-1-3-9(11(16)5-7)13(19)17-12-6-8(18(20)21)2-4-10(12)15/h1-6H,16H2,(H,17,19). The van der Waals surface area contributed by atoms with E-state index in [1.165, 1.54) is 18.2 Å². The van der Waals surface area contributed by atoms with Gasteiger partial charge in [-0.25, -0.2) is 0 Å². The average molecular weight is 371 g/mol. The molecule has 1 amide bonds. The van der Waals surface area contributed by atoms with Crippen LogP contribution in [0.1, 0.15) is 10.4 Å². The summed E-state index contributed by atoms with van der Waals surface area (Å²) in [5.41, 5.74) is 6.27. The summed E-state index contributed by atoms with van der Waals surface area (Å²) in [7, 11) is 0. The van der Waals surface area contributed by atoms with Gasteiger partial charge in [0.1, 0.15) is 0 Å². The first-order valence-corrected chi connectivity index (χ1v) is 6.86. The van der Waals surface area contributed by atoms with Gasteiger partial charge in [-0.1, -0.05) is 27.5 Å². The lowest BCUT2D eigenvalue weighted by Crippen LogP contribution is -2.14. The molecular formula is C13H9BrClN3O3. The molecule has 0 aliphatic carbocycles. The predicted molar refractivity (Wildman–Crippen MR) is 84.6 cm³/mol. The minimum absolute atomic E-state index is 0.151. The van der Waals surface area contributed by atoms with Gasteiger partial charge in [-0.3, -0.25) is 14.9 Å². The molecule has 0 spiro atoms. The summed E-state index contributed by atoms with van der Waals surface area (Å²) in [6.45, 7) is 0. The van der Waals surface area contributed by atoms with Crippen molar-refractivity contribution in [2.24, 2.45) is 0 Å². The first-order valence-electron chi connectivity index (χ1n) is 5.69. The van der Waals surface area contributed by atoms with Gasteiger partial charge >= 0.3 is 0 Å². The molecule has 0 aliphatic heterocycles. The SMILES string of the molecule is Nc1cc(Br)ccc1C(=O)Nc1cc([N+](=O)[O-])ccc1Cl. The minimum Gasteiger partial charge on any atom is -0.398 e. The molecule has 3 N–H and O–H groups in total. The fourth-order valence-corrected chi connectivity index (χ4v) is 2.20. The van der Waals surface area contributed by atoms with Crippen LogP contribution in [-0.4, -0.2) is 10.8 Å². The molecule has 0 saturated carbocycles. The fraction of sp³-hybridized carbons (Fsp3) is 0. The van der Waals surface area contributed by atoms with E-state index in [2.05, 4.69) is 21.2 Å². The van der Waals surface area contributed by atoms with Gasteiger partial charge in [0.25, 0.3) is 11.6 Å². The smallest absolute Gasteiger partial charge is 0.271 e. The van der Waals surface area contributed by atoms with Crippen molar-refractivity contribution in [3.8, 4) is 0 Å². The number of nitrogens with two attached hydrogens (primary N) is 1. The quantitative estimate of drug-likeness (QED) is 0.487. The number of nitrogen functional groups attached to an aromatic ring is 1. The Morgan fingerprint density at radius 2 is 2.00 bits per heavy atom. The van der Waals surface area contributed by atoms with Crippen LogP contribution in [0.3, 0.4) is 0 Å². The number of carbonyl (C=O) groups is 1. The van der Waals surface area contributed by atoms with Crippen LogP contribution in [0.25, 0.3) is 0 Å². The number of hydrogen-bond acceptors (Lipinski definition) is 4. The number of anilines is 2. The minimum atomic E-state index is -0.569. The summed E-state index contributed by atoms with van der Waals surface area (Å²) < 4.78 is 0.741. The topological polar surface area (TPSA) is 98.3 Å². The van der Waals surface area contributed by atoms with E-state index in [0.29, 0.717) is 0 Å². The molecule has 8 heteroatoms. The summed E-state index contributed by atoms with van der Waals surface area (Å²) >= 11 is 9.16. The zero-order valence-corrected chi connectivity index (χ0v) is 12.8. The second-order valence-corrected chi connectivity index (χ2v) is 5.43. The van der Waals surface area contributed by atoms with E-state index >= 15 is 0 Å². The number of halogens is 2. The lowest BCUT2D eigenvalue weighted by atomic mass is 10.1.